The van der Waals surface area contributed by atoms with E-state index in [1.165, 1.54) is 12.1 Å². The van der Waals surface area contributed by atoms with Crippen molar-refractivity contribution in [1.82, 2.24) is 15.2 Å². The molecule has 3 aliphatic rings. The average molecular weight is 326 g/mol. The molecule has 5 rings (SSSR count). The van der Waals surface area contributed by atoms with Gasteiger partial charge in [-0.15, -0.1) is 10.2 Å². The Balaban J connectivity index is 1.84. The molecule has 1 fully saturated rings. The maximum atomic E-state index is 11.0. The van der Waals surface area contributed by atoms with Gasteiger partial charge in [0.05, 0.1) is 16.2 Å². The van der Waals surface area contributed by atoms with Crippen molar-refractivity contribution in [3.8, 4) is 11.4 Å². The van der Waals surface area contributed by atoms with Crippen molar-refractivity contribution in [3.63, 3.8) is 0 Å². The lowest BCUT2D eigenvalue weighted by atomic mass is 9.69. The van der Waals surface area contributed by atoms with Gasteiger partial charge in [0.15, 0.2) is 5.82 Å². The van der Waals surface area contributed by atoms with E-state index in [4.69, 9.17) is 9.72 Å². The number of nitro benzene ring substituents is 1. The summed E-state index contributed by atoms with van der Waals surface area (Å²) in [7, 11) is 0. The highest BCUT2D eigenvalue weighted by atomic mass is 16.6. The van der Waals surface area contributed by atoms with Gasteiger partial charge in [-0.3, -0.25) is 10.1 Å². The third-order valence-corrected chi connectivity index (χ3v) is 5.10. The SMILES string of the molecule is CC12CCC(c3nc(-c4cccc([N+](=O)[O-])c4)nnc31)C(C)(C)O2. The van der Waals surface area contributed by atoms with E-state index in [0.717, 1.165) is 24.2 Å². The Hall–Kier alpha value is -2.41. The molecule has 1 aromatic heterocycles. The zero-order chi connectivity index (χ0) is 17.1. The first-order valence-electron chi connectivity index (χ1n) is 8.00. The highest BCUT2D eigenvalue weighted by Gasteiger charge is 2.54. The summed E-state index contributed by atoms with van der Waals surface area (Å²) >= 11 is 0. The molecular weight excluding hydrogens is 308 g/mol. The Bertz CT molecular complexity index is 851. The van der Waals surface area contributed by atoms with Gasteiger partial charge in [-0.2, -0.15) is 0 Å². The highest BCUT2D eigenvalue weighted by Crippen LogP contribution is 2.54. The first-order chi connectivity index (χ1) is 11.3. The van der Waals surface area contributed by atoms with Crippen LogP contribution in [0.25, 0.3) is 11.4 Å². The molecule has 24 heavy (non-hydrogen) atoms. The van der Waals surface area contributed by atoms with Crippen LogP contribution in [0.5, 0.6) is 0 Å². The van der Waals surface area contributed by atoms with Crippen molar-refractivity contribution in [2.45, 2.75) is 50.7 Å². The Morgan fingerprint density at radius 3 is 2.79 bits per heavy atom. The third-order valence-electron chi connectivity index (χ3n) is 5.10. The van der Waals surface area contributed by atoms with Gasteiger partial charge in [-0.05, 0) is 33.6 Å². The zero-order valence-electron chi connectivity index (χ0n) is 13.8. The molecule has 0 N–H and O–H groups in total. The van der Waals surface area contributed by atoms with E-state index in [-0.39, 0.29) is 17.2 Å². The van der Waals surface area contributed by atoms with Crippen LogP contribution in [0, 0.1) is 10.1 Å². The lowest BCUT2D eigenvalue weighted by Gasteiger charge is -2.52. The molecule has 7 nitrogen and oxygen atoms in total. The number of hydrogen-bond acceptors (Lipinski definition) is 6. The first-order valence-corrected chi connectivity index (χ1v) is 8.00. The number of non-ortho nitro benzene ring substituents is 1. The fraction of sp³-hybridized carbons (Fsp3) is 0.471. The molecule has 2 atom stereocenters. The maximum absolute atomic E-state index is 11.0. The van der Waals surface area contributed by atoms with Crippen LogP contribution in [-0.2, 0) is 10.3 Å². The second-order valence-electron chi connectivity index (χ2n) is 7.20. The summed E-state index contributed by atoms with van der Waals surface area (Å²) in [5.41, 5.74) is 1.56. The molecule has 2 aromatic rings. The summed E-state index contributed by atoms with van der Waals surface area (Å²) in [4.78, 5) is 15.3. The minimum Gasteiger partial charge on any atom is -0.362 e. The summed E-state index contributed by atoms with van der Waals surface area (Å²) < 4.78 is 6.25. The van der Waals surface area contributed by atoms with Crippen LogP contribution in [0.4, 0.5) is 5.69 Å². The molecule has 124 valence electrons. The average Bonchev–Trinajstić information content (AvgIpc) is 2.53. The van der Waals surface area contributed by atoms with Crippen LogP contribution < -0.4 is 0 Å². The second kappa shape index (κ2) is 4.80. The summed E-state index contributed by atoms with van der Waals surface area (Å²) in [5, 5.41) is 19.6. The van der Waals surface area contributed by atoms with Crippen molar-refractivity contribution in [1.29, 1.82) is 0 Å². The van der Waals surface area contributed by atoms with Gasteiger partial charge in [-0.1, -0.05) is 12.1 Å². The highest BCUT2D eigenvalue weighted by molar-refractivity contribution is 5.59. The smallest absolute Gasteiger partial charge is 0.270 e. The van der Waals surface area contributed by atoms with Gasteiger partial charge in [0, 0.05) is 23.6 Å². The van der Waals surface area contributed by atoms with Gasteiger partial charge in [0.2, 0.25) is 0 Å². The third kappa shape index (κ3) is 2.11. The summed E-state index contributed by atoms with van der Waals surface area (Å²) in [5.74, 6) is 0.576. The predicted octanol–water partition coefficient (Wildman–Crippen LogP) is 3.35. The van der Waals surface area contributed by atoms with Crippen molar-refractivity contribution < 1.29 is 9.66 Å². The molecule has 0 radical (unpaired) electrons. The van der Waals surface area contributed by atoms with E-state index >= 15 is 0 Å². The molecule has 1 aromatic carbocycles. The molecule has 2 bridgehead atoms. The topological polar surface area (TPSA) is 91.0 Å². The number of nitro groups is 1. The summed E-state index contributed by atoms with van der Waals surface area (Å²) in [6.07, 6.45) is 1.89. The second-order valence-corrected chi connectivity index (χ2v) is 7.20. The lowest BCUT2D eigenvalue weighted by molar-refractivity contribution is -0.384. The molecule has 1 aliphatic carbocycles. The molecule has 7 heteroatoms. The number of rotatable bonds is 2. The normalized spacial score (nSPS) is 26.9. The molecule has 2 unspecified atom stereocenters. The molecule has 0 amide bonds. The van der Waals surface area contributed by atoms with E-state index in [1.807, 2.05) is 6.92 Å². The quantitative estimate of drug-likeness (QED) is 0.621. The van der Waals surface area contributed by atoms with Crippen molar-refractivity contribution in [2.24, 2.45) is 0 Å². The van der Waals surface area contributed by atoms with E-state index < -0.39 is 10.5 Å². The van der Waals surface area contributed by atoms with Crippen molar-refractivity contribution in [3.05, 3.63) is 45.8 Å². The number of fused-ring (bicyclic) bond motifs is 2. The van der Waals surface area contributed by atoms with Crippen molar-refractivity contribution in [2.75, 3.05) is 0 Å². The van der Waals surface area contributed by atoms with Gasteiger partial charge < -0.3 is 4.74 Å². The number of hydrogen-bond donors (Lipinski definition) is 0. The number of ether oxygens (including phenoxy) is 1. The van der Waals surface area contributed by atoms with Gasteiger partial charge in [0.1, 0.15) is 11.3 Å². The standard InChI is InChI=1S/C17H18N4O3/c1-16(2)12-7-8-17(3,24-16)14-13(12)18-15(20-19-14)10-5-4-6-11(9-10)21(22)23/h4-6,9,12H,7-8H2,1-3H3. The van der Waals surface area contributed by atoms with Gasteiger partial charge in [0.25, 0.3) is 5.69 Å². The van der Waals surface area contributed by atoms with Gasteiger partial charge >= 0.3 is 0 Å². The molecular formula is C17H18N4O3. The maximum Gasteiger partial charge on any atom is 0.270 e. The first kappa shape index (κ1) is 15.1. The van der Waals surface area contributed by atoms with Crippen molar-refractivity contribution >= 4 is 5.69 Å². The fourth-order valence-corrected chi connectivity index (χ4v) is 3.94. The zero-order valence-corrected chi connectivity index (χ0v) is 13.8. The minimum absolute atomic E-state index is 0.0194. The number of aromatic nitrogens is 3. The van der Waals surface area contributed by atoms with E-state index in [9.17, 15) is 10.1 Å². The van der Waals surface area contributed by atoms with E-state index in [2.05, 4.69) is 24.0 Å². The summed E-state index contributed by atoms with van der Waals surface area (Å²) in [6.45, 7) is 6.19. The van der Waals surface area contributed by atoms with Gasteiger partial charge in [-0.25, -0.2) is 4.98 Å². The fourth-order valence-electron chi connectivity index (χ4n) is 3.94. The Labute approximate surface area is 139 Å². The Morgan fingerprint density at radius 2 is 2.08 bits per heavy atom. The van der Waals surface area contributed by atoms with Crippen LogP contribution in [0.3, 0.4) is 0 Å². The van der Waals surface area contributed by atoms with Crippen LogP contribution in [0.15, 0.2) is 24.3 Å². The van der Waals surface area contributed by atoms with Crippen LogP contribution >= 0.6 is 0 Å². The predicted molar refractivity (Wildman–Crippen MR) is 86.4 cm³/mol. The van der Waals surface area contributed by atoms with E-state index in [0.29, 0.717) is 11.4 Å². The molecule has 3 heterocycles. The molecule has 2 aliphatic heterocycles. The monoisotopic (exact) mass is 326 g/mol. The molecule has 0 spiro atoms. The van der Waals surface area contributed by atoms with Crippen LogP contribution in [0.1, 0.15) is 50.9 Å². The van der Waals surface area contributed by atoms with Crippen LogP contribution in [-0.4, -0.2) is 25.7 Å². The summed E-state index contributed by atoms with van der Waals surface area (Å²) in [6, 6.07) is 6.33. The van der Waals surface area contributed by atoms with E-state index in [1.54, 1.807) is 12.1 Å². The minimum atomic E-state index is -0.463. The number of nitrogens with zero attached hydrogens (tertiary/aromatic N) is 4. The van der Waals surface area contributed by atoms with Crippen LogP contribution in [0.2, 0.25) is 0 Å². The number of benzene rings is 1. The lowest BCUT2D eigenvalue weighted by Crippen LogP contribution is -2.52. The molecule has 1 saturated heterocycles. The Kier molecular flexibility index (Phi) is 3.02. The molecule has 0 saturated carbocycles. The Morgan fingerprint density at radius 1 is 1.29 bits per heavy atom. The largest absolute Gasteiger partial charge is 0.362 e.